The van der Waals surface area contributed by atoms with Crippen molar-refractivity contribution in [1.29, 1.82) is 0 Å². The second-order valence-electron chi connectivity index (χ2n) is 4.49. The molecule has 0 spiro atoms. The number of fused-ring (bicyclic) bond motifs is 1. The number of halogens is 1. The average molecular weight is 264 g/mol. The molecule has 1 fully saturated rings. The van der Waals surface area contributed by atoms with Crippen LogP contribution >= 0.6 is 11.8 Å². The lowest BCUT2D eigenvalue weighted by atomic mass is 10.1. The Labute approximate surface area is 109 Å². The van der Waals surface area contributed by atoms with Crippen LogP contribution in [0, 0.1) is 5.82 Å². The van der Waals surface area contributed by atoms with Gasteiger partial charge in [-0.2, -0.15) is 11.8 Å². The summed E-state index contributed by atoms with van der Waals surface area (Å²) in [5.74, 6) is 0.887. The molecule has 1 aromatic carbocycles. The topological polar surface area (TPSA) is 30.2 Å². The van der Waals surface area contributed by atoms with E-state index in [4.69, 9.17) is 4.42 Å². The minimum absolute atomic E-state index is 0.00435. The molecule has 0 saturated carbocycles. The Morgan fingerprint density at radius 1 is 1.39 bits per heavy atom. The normalized spacial score (nSPS) is 20.2. The van der Waals surface area contributed by atoms with Gasteiger partial charge in [-0.25, -0.2) is 4.39 Å². The summed E-state index contributed by atoms with van der Waals surface area (Å²) < 4.78 is 18.9. The number of Topliss-reactive ketones (excluding diaryl/α,β-unsaturated/α-hetero) is 1. The number of carbonyl (C=O) groups excluding carboxylic acids is 1. The molecule has 2 aromatic rings. The molecule has 0 radical (unpaired) electrons. The first-order chi connectivity index (χ1) is 8.75. The number of benzene rings is 1. The second-order valence-corrected chi connectivity index (χ2v) is 5.80. The number of ketones is 1. The fourth-order valence-electron chi connectivity index (χ4n) is 2.26. The van der Waals surface area contributed by atoms with Crippen LogP contribution < -0.4 is 0 Å². The maximum atomic E-state index is 13.5. The molecule has 0 N–H and O–H groups in total. The molecule has 2 nitrogen and oxygen atoms in total. The van der Waals surface area contributed by atoms with Crippen LogP contribution in [0.25, 0.3) is 11.0 Å². The summed E-state index contributed by atoms with van der Waals surface area (Å²) >= 11 is 1.68. The first-order valence-corrected chi connectivity index (χ1v) is 7.14. The minimum atomic E-state index is -0.414. The Morgan fingerprint density at radius 3 is 3.00 bits per heavy atom. The van der Waals surface area contributed by atoms with Crippen LogP contribution in [0.3, 0.4) is 0 Å². The van der Waals surface area contributed by atoms with E-state index in [0.29, 0.717) is 5.39 Å². The van der Waals surface area contributed by atoms with Crippen molar-refractivity contribution in [3.05, 3.63) is 35.8 Å². The number of carbonyl (C=O) groups is 1. The third kappa shape index (κ3) is 2.05. The van der Waals surface area contributed by atoms with E-state index in [2.05, 4.69) is 0 Å². The Hall–Kier alpha value is -1.29. The zero-order valence-corrected chi connectivity index (χ0v) is 10.6. The molecule has 0 aliphatic carbocycles. The molecule has 2 heterocycles. The summed E-state index contributed by atoms with van der Waals surface area (Å²) in [6.45, 7) is 0. The first kappa shape index (κ1) is 11.8. The second kappa shape index (κ2) is 4.76. The van der Waals surface area contributed by atoms with Crippen molar-refractivity contribution in [2.45, 2.75) is 24.5 Å². The summed E-state index contributed by atoms with van der Waals surface area (Å²) in [6, 6.07) is 6.37. The number of hydrogen-bond donors (Lipinski definition) is 0. The molecule has 0 bridgehead atoms. The van der Waals surface area contributed by atoms with Gasteiger partial charge in [0.1, 0.15) is 0 Å². The molecule has 1 unspecified atom stereocenters. The maximum Gasteiger partial charge on any atom is 0.210 e. The van der Waals surface area contributed by atoms with Crippen molar-refractivity contribution in [1.82, 2.24) is 0 Å². The molecule has 1 atom stereocenters. The van der Waals surface area contributed by atoms with Gasteiger partial charge in [0.05, 0.1) is 5.25 Å². The predicted molar refractivity (Wildman–Crippen MR) is 70.6 cm³/mol. The van der Waals surface area contributed by atoms with Gasteiger partial charge in [0.15, 0.2) is 17.2 Å². The van der Waals surface area contributed by atoms with Gasteiger partial charge in [-0.3, -0.25) is 4.79 Å². The number of hydrogen-bond acceptors (Lipinski definition) is 3. The van der Waals surface area contributed by atoms with Crippen LogP contribution in [0.4, 0.5) is 4.39 Å². The monoisotopic (exact) mass is 264 g/mol. The quantitative estimate of drug-likeness (QED) is 0.767. The fraction of sp³-hybridized carbons (Fsp3) is 0.357. The lowest BCUT2D eigenvalue weighted by Gasteiger charge is -2.18. The molecule has 1 aliphatic rings. The molecule has 1 saturated heterocycles. The van der Waals surface area contributed by atoms with E-state index in [-0.39, 0.29) is 22.4 Å². The average Bonchev–Trinajstić information content (AvgIpc) is 2.84. The number of thioether (sulfide) groups is 1. The maximum absolute atomic E-state index is 13.5. The third-order valence-electron chi connectivity index (χ3n) is 3.21. The van der Waals surface area contributed by atoms with Crippen molar-refractivity contribution in [3.63, 3.8) is 0 Å². The Kier molecular flexibility index (Phi) is 3.12. The molecule has 1 aliphatic heterocycles. The summed E-state index contributed by atoms with van der Waals surface area (Å²) in [5, 5.41) is 0.626. The molecular weight excluding hydrogens is 251 g/mol. The fourth-order valence-corrected chi connectivity index (χ4v) is 3.51. The van der Waals surface area contributed by atoms with Crippen molar-refractivity contribution in [2.75, 3.05) is 5.75 Å². The van der Waals surface area contributed by atoms with Crippen LogP contribution in [0.1, 0.15) is 29.8 Å². The van der Waals surface area contributed by atoms with Crippen molar-refractivity contribution in [2.24, 2.45) is 0 Å². The molecule has 0 amide bonds. The minimum Gasteiger partial charge on any atom is -0.450 e. The van der Waals surface area contributed by atoms with Gasteiger partial charge in [-0.05, 0) is 30.7 Å². The highest BCUT2D eigenvalue weighted by Crippen LogP contribution is 2.30. The van der Waals surface area contributed by atoms with E-state index in [1.54, 1.807) is 30.0 Å². The lowest BCUT2D eigenvalue weighted by Crippen LogP contribution is -2.20. The molecule has 94 valence electrons. The number of furan rings is 1. The smallest absolute Gasteiger partial charge is 0.210 e. The van der Waals surface area contributed by atoms with Crippen molar-refractivity contribution < 1.29 is 13.6 Å². The molecule has 18 heavy (non-hydrogen) atoms. The Bertz CT molecular complexity index is 584. The highest BCUT2D eigenvalue weighted by molar-refractivity contribution is 8.00. The molecule has 4 heteroatoms. The highest BCUT2D eigenvalue weighted by Gasteiger charge is 2.26. The van der Waals surface area contributed by atoms with Crippen LogP contribution in [0.15, 0.2) is 28.7 Å². The van der Waals surface area contributed by atoms with Crippen molar-refractivity contribution in [3.8, 4) is 0 Å². The van der Waals surface area contributed by atoms with E-state index in [0.717, 1.165) is 18.6 Å². The summed E-state index contributed by atoms with van der Waals surface area (Å²) in [4.78, 5) is 12.2. The third-order valence-corrected chi connectivity index (χ3v) is 4.59. The number of rotatable bonds is 2. The zero-order chi connectivity index (χ0) is 12.5. The zero-order valence-electron chi connectivity index (χ0n) is 9.82. The van der Waals surface area contributed by atoms with Crippen molar-refractivity contribution >= 4 is 28.5 Å². The van der Waals surface area contributed by atoms with Crippen LogP contribution in [-0.4, -0.2) is 16.8 Å². The van der Waals surface area contributed by atoms with E-state index in [9.17, 15) is 9.18 Å². The van der Waals surface area contributed by atoms with E-state index in [1.807, 2.05) is 0 Å². The summed E-state index contributed by atoms with van der Waals surface area (Å²) in [7, 11) is 0. The Balaban J connectivity index is 1.94. The van der Waals surface area contributed by atoms with Gasteiger partial charge < -0.3 is 4.42 Å². The summed E-state index contributed by atoms with van der Waals surface area (Å²) in [6.07, 6.45) is 3.14. The van der Waals surface area contributed by atoms with Gasteiger partial charge in [0.25, 0.3) is 0 Å². The largest absolute Gasteiger partial charge is 0.450 e. The van der Waals surface area contributed by atoms with Gasteiger partial charge in [-0.15, -0.1) is 0 Å². The highest BCUT2D eigenvalue weighted by atomic mass is 32.2. The van der Waals surface area contributed by atoms with Gasteiger partial charge in [0, 0.05) is 5.39 Å². The van der Waals surface area contributed by atoms with Crippen LogP contribution in [0.5, 0.6) is 0 Å². The summed E-state index contributed by atoms with van der Waals surface area (Å²) in [5.41, 5.74) is 0.182. The van der Waals surface area contributed by atoms with Crippen LogP contribution in [0.2, 0.25) is 0 Å². The van der Waals surface area contributed by atoms with E-state index < -0.39 is 5.82 Å². The standard InChI is InChI=1S/C14H13FO2S/c15-10-5-3-4-9-8-11(17-14(9)10)13(16)12-6-1-2-7-18-12/h3-5,8,12H,1-2,6-7H2. The van der Waals surface area contributed by atoms with Crippen LogP contribution in [-0.2, 0) is 0 Å². The van der Waals surface area contributed by atoms with E-state index >= 15 is 0 Å². The first-order valence-electron chi connectivity index (χ1n) is 6.09. The predicted octanol–water partition coefficient (Wildman–Crippen LogP) is 4.04. The van der Waals surface area contributed by atoms with Gasteiger partial charge in [0.2, 0.25) is 5.78 Å². The lowest BCUT2D eigenvalue weighted by molar-refractivity contribution is 0.0960. The SMILES string of the molecule is O=C(c1cc2cccc(F)c2o1)C1CCCCS1. The van der Waals surface area contributed by atoms with E-state index in [1.165, 1.54) is 12.5 Å². The Morgan fingerprint density at radius 2 is 2.28 bits per heavy atom. The number of para-hydroxylation sites is 1. The van der Waals surface area contributed by atoms with Gasteiger partial charge >= 0.3 is 0 Å². The molecule has 1 aromatic heterocycles. The molecular formula is C14H13FO2S. The molecule has 3 rings (SSSR count). The van der Waals surface area contributed by atoms with Gasteiger partial charge in [-0.1, -0.05) is 18.6 Å².